The molecule has 1 N–H and O–H groups in total. The molecular weight excluding hydrogens is 429 g/mol. The third kappa shape index (κ3) is 4.59. The Balaban J connectivity index is 1.69. The van der Waals surface area contributed by atoms with Crippen molar-refractivity contribution in [2.45, 2.75) is 74.4 Å². The molecule has 1 saturated heterocycles. The minimum atomic E-state index is -2.87. The molecular formula is C26H33F3N2S. The number of thioether (sulfide) groups is 1. The predicted molar refractivity (Wildman–Crippen MR) is 126 cm³/mol. The monoisotopic (exact) mass is 462 g/mol. The zero-order chi connectivity index (χ0) is 22.9. The average molecular weight is 463 g/mol. The van der Waals surface area contributed by atoms with Gasteiger partial charge in [0.05, 0.1) is 6.04 Å². The number of likely N-dealkylation sites (tertiary alicyclic amines) is 1. The molecule has 1 saturated carbocycles. The van der Waals surface area contributed by atoms with Crippen LogP contribution in [-0.2, 0) is 5.92 Å². The molecule has 1 heterocycles. The third-order valence-electron chi connectivity index (χ3n) is 7.30. The summed E-state index contributed by atoms with van der Waals surface area (Å²) in [7, 11) is 0. The van der Waals surface area contributed by atoms with E-state index in [0.29, 0.717) is 0 Å². The van der Waals surface area contributed by atoms with E-state index >= 15 is 0 Å². The van der Waals surface area contributed by atoms with Crippen LogP contribution >= 0.6 is 11.8 Å². The minimum Gasteiger partial charge on any atom is -0.302 e. The number of nitrogens with zero attached hydrogens (tertiary/aromatic N) is 1. The molecule has 2 fully saturated rings. The molecule has 2 aromatic carbocycles. The maximum absolute atomic E-state index is 14.2. The van der Waals surface area contributed by atoms with Crippen molar-refractivity contribution in [3.63, 3.8) is 0 Å². The summed E-state index contributed by atoms with van der Waals surface area (Å²) in [6, 6.07) is 11.8. The van der Waals surface area contributed by atoms with Crippen LogP contribution in [-0.4, -0.2) is 29.8 Å². The van der Waals surface area contributed by atoms with Gasteiger partial charge in [0.2, 0.25) is 0 Å². The fraction of sp³-hybridized carbons (Fsp3) is 0.538. The predicted octanol–water partition coefficient (Wildman–Crippen LogP) is 7.07. The molecule has 1 aliphatic heterocycles. The summed E-state index contributed by atoms with van der Waals surface area (Å²) in [5.74, 6) is -3.09. The van der Waals surface area contributed by atoms with E-state index in [4.69, 9.17) is 0 Å². The number of hydrogen-bond donors (Lipinski definition) is 1. The zero-order valence-corrected chi connectivity index (χ0v) is 20.0. The summed E-state index contributed by atoms with van der Waals surface area (Å²) >= 11 is 1.49. The van der Waals surface area contributed by atoms with Gasteiger partial charge in [0, 0.05) is 29.0 Å². The Kier molecular flexibility index (Phi) is 6.94. The van der Waals surface area contributed by atoms with E-state index in [1.807, 2.05) is 18.4 Å². The van der Waals surface area contributed by atoms with Gasteiger partial charge in [-0.2, -0.15) is 0 Å². The maximum Gasteiger partial charge on any atom is 0.270 e. The second-order valence-corrected chi connectivity index (χ2v) is 10.2. The summed E-state index contributed by atoms with van der Waals surface area (Å²) in [5, 5.41) is 3.82. The number of alkyl halides is 2. The van der Waals surface area contributed by atoms with Crippen molar-refractivity contribution in [3.8, 4) is 0 Å². The fourth-order valence-electron chi connectivity index (χ4n) is 5.42. The smallest absolute Gasteiger partial charge is 0.270 e. The quantitative estimate of drug-likeness (QED) is 0.422. The summed E-state index contributed by atoms with van der Waals surface area (Å²) < 4.78 is 42.0. The summed E-state index contributed by atoms with van der Waals surface area (Å²) in [5.41, 5.74) is 1.98. The van der Waals surface area contributed by atoms with Crippen LogP contribution in [0.15, 0.2) is 47.4 Å². The molecule has 1 aliphatic carbocycles. The van der Waals surface area contributed by atoms with E-state index in [1.165, 1.54) is 43.2 Å². The number of rotatable bonds is 8. The molecule has 0 bridgehead atoms. The topological polar surface area (TPSA) is 15.3 Å². The van der Waals surface area contributed by atoms with Gasteiger partial charge in [-0.25, -0.2) is 13.2 Å². The molecule has 0 aromatic heterocycles. The Morgan fingerprint density at radius 3 is 2.34 bits per heavy atom. The second kappa shape index (κ2) is 9.40. The molecule has 6 heteroatoms. The lowest BCUT2D eigenvalue weighted by molar-refractivity contribution is -0.00472. The fourth-order valence-corrected chi connectivity index (χ4v) is 6.14. The lowest BCUT2D eigenvalue weighted by atomic mass is 9.68. The van der Waals surface area contributed by atoms with E-state index in [0.717, 1.165) is 48.9 Å². The second-order valence-electron chi connectivity index (χ2n) is 9.37. The number of halogens is 3. The molecule has 0 spiro atoms. The average Bonchev–Trinajstić information content (AvgIpc) is 3.26. The Morgan fingerprint density at radius 1 is 1.06 bits per heavy atom. The van der Waals surface area contributed by atoms with Crippen LogP contribution in [0.5, 0.6) is 0 Å². The van der Waals surface area contributed by atoms with Crippen LogP contribution in [0.4, 0.5) is 13.2 Å². The first kappa shape index (κ1) is 23.7. The van der Waals surface area contributed by atoms with Gasteiger partial charge >= 0.3 is 0 Å². The molecule has 4 rings (SSSR count). The highest BCUT2D eigenvalue weighted by Crippen LogP contribution is 2.49. The molecule has 2 atom stereocenters. The van der Waals surface area contributed by atoms with E-state index in [1.54, 1.807) is 18.2 Å². The molecule has 0 amide bonds. The third-order valence-corrected chi connectivity index (χ3v) is 8.09. The van der Waals surface area contributed by atoms with Gasteiger partial charge in [-0.05, 0) is 87.7 Å². The zero-order valence-electron chi connectivity index (χ0n) is 19.1. The van der Waals surface area contributed by atoms with Gasteiger partial charge in [-0.3, -0.25) is 4.90 Å². The van der Waals surface area contributed by atoms with Crippen molar-refractivity contribution in [1.29, 1.82) is 0 Å². The first-order chi connectivity index (χ1) is 15.2. The summed E-state index contributed by atoms with van der Waals surface area (Å²) in [6.45, 7) is 5.18. The molecule has 2 nitrogen and oxygen atoms in total. The van der Waals surface area contributed by atoms with Crippen LogP contribution in [0.25, 0.3) is 0 Å². The van der Waals surface area contributed by atoms with Gasteiger partial charge in [-0.15, -0.1) is 11.8 Å². The van der Waals surface area contributed by atoms with Gasteiger partial charge in [-0.1, -0.05) is 24.3 Å². The molecule has 2 aromatic rings. The summed E-state index contributed by atoms with van der Waals surface area (Å²) in [4.78, 5) is 3.45. The van der Waals surface area contributed by atoms with E-state index < -0.39 is 5.92 Å². The van der Waals surface area contributed by atoms with Crippen molar-refractivity contribution in [2.24, 2.45) is 0 Å². The van der Waals surface area contributed by atoms with E-state index in [9.17, 15) is 13.2 Å². The normalized spacial score (nSPS) is 20.7. The first-order valence-corrected chi connectivity index (χ1v) is 12.8. The van der Waals surface area contributed by atoms with Gasteiger partial charge in [0.1, 0.15) is 5.82 Å². The van der Waals surface area contributed by atoms with Gasteiger partial charge < -0.3 is 5.32 Å². The van der Waals surface area contributed by atoms with Crippen molar-refractivity contribution >= 4 is 11.8 Å². The highest BCUT2D eigenvalue weighted by atomic mass is 32.2. The van der Waals surface area contributed by atoms with Crippen molar-refractivity contribution in [1.82, 2.24) is 10.2 Å². The summed E-state index contributed by atoms with van der Waals surface area (Å²) in [6.07, 6.45) is 7.68. The van der Waals surface area contributed by atoms with Crippen molar-refractivity contribution in [2.75, 3.05) is 19.3 Å². The Labute approximate surface area is 194 Å². The van der Waals surface area contributed by atoms with Crippen molar-refractivity contribution in [3.05, 3.63) is 65.0 Å². The molecule has 174 valence electrons. The Hall–Kier alpha value is -1.50. The largest absolute Gasteiger partial charge is 0.302 e. The lowest BCUT2D eigenvalue weighted by Crippen LogP contribution is -2.60. The Bertz CT molecular complexity index is 933. The van der Waals surface area contributed by atoms with E-state index in [-0.39, 0.29) is 29.0 Å². The van der Waals surface area contributed by atoms with Gasteiger partial charge in [0.25, 0.3) is 5.92 Å². The van der Waals surface area contributed by atoms with Crippen LogP contribution in [0.3, 0.4) is 0 Å². The molecule has 0 radical (unpaired) electrons. The highest BCUT2D eigenvalue weighted by Gasteiger charge is 2.50. The van der Waals surface area contributed by atoms with Gasteiger partial charge in [0.15, 0.2) is 0 Å². The number of hydrogen-bond acceptors (Lipinski definition) is 3. The Morgan fingerprint density at radius 2 is 1.78 bits per heavy atom. The molecule has 32 heavy (non-hydrogen) atoms. The minimum absolute atomic E-state index is 0.0194. The van der Waals surface area contributed by atoms with E-state index in [2.05, 4.69) is 17.1 Å². The molecule has 2 aliphatic rings. The number of nitrogens with one attached hydrogen (secondary N) is 1. The first-order valence-electron chi connectivity index (χ1n) is 11.6. The lowest BCUT2D eigenvalue weighted by Gasteiger charge is -2.54. The van der Waals surface area contributed by atoms with Crippen LogP contribution in [0.2, 0.25) is 0 Å². The van der Waals surface area contributed by atoms with Crippen molar-refractivity contribution < 1.29 is 13.2 Å². The van der Waals surface area contributed by atoms with Crippen LogP contribution in [0, 0.1) is 5.82 Å². The molecule has 2 unspecified atom stereocenters. The SMILES string of the molecule is CSc1cc(C(C)(F)F)ccc1C(C)NC(c1cccc(F)c1)C1(N2CCCC2)CCC1. The standard InChI is InChI=1S/C26H33F3N2S/c1-18(22-11-10-20(25(2,28)29)17-23(22)32-3)30-24(19-8-6-9-21(27)16-19)26(12-7-13-26)31-14-4-5-15-31/h6,8-11,16-18,24,30H,4-5,7,12-15H2,1-3H3. The highest BCUT2D eigenvalue weighted by molar-refractivity contribution is 7.98. The van der Waals surface area contributed by atoms with Crippen LogP contribution in [0.1, 0.15) is 74.7 Å². The number of benzene rings is 2. The van der Waals surface area contributed by atoms with Crippen LogP contribution < -0.4 is 5.32 Å². The maximum atomic E-state index is 14.2.